The molecule has 0 spiro atoms. The number of nitrogens with zero attached hydrogens (tertiary/aromatic N) is 9. The van der Waals surface area contributed by atoms with E-state index in [0.717, 1.165) is 12.3 Å². The van der Waals surface area contributed by atoms with E-state index in [0.29, 0.717) is 12.1 Å². The highest BCUT2D eigenvalue weighted by Gasteiger charge is 2.38. The lowest BCUT2D eigenvalue weighted by atomic mass is 9.91. The second-order valence-electron chi connectivity index (χ2n) is 9.09. The normalized spacial score (nSPS) is 14.7. The van der Waals surface area contributed by atoms with Gasteiger partial charge in [-0.15, -0.1) is 0 Å². The van der Waals surface area contributed by atoms with Crippen molar-refractivity contribution in [2.45, 2.75) is 0 Å². The van der Waals surface area contributed by atoms with E-state index in [9.17, 15) is 25.4 Å². The highest BCUT2D eigenvalue weighted by Crippen LogP contribution is 2.55. The molecule has 2 aliphatic carbocycles. The molecule has 0 unspecified atom stereocenters. The summed E-state index contributed by atoms with van der Waals surface area (Å²) >= 11 is 0. The molecule has 0 amide bonds. The Morgan fingerprint density at radius 1 is 0.622 bits per heavy atom. The van der Waals surface area contributed by atoms with Gasteiger partial charge in [0, 0.05) is 22.3 Å². The average Bonchev–Trinajstić information content (AvgIpc) is 3.54. The molecule has 9 nitrogen and oxygen atoms in total. The second kappa shape index (κ2) is 10.9. The van der Waals surface area contributed by atoms with Gasteiger partial charge in [-0.25, -0.2) is 48.1 Å². The fraction of sp³-hybridized carbons (Fsp3) is 0. The Morgan fingerprint density at radius 3 is 1.78 bits per heavy atom. The zero-order valence-electron chi connectivity index (χ0n) is 22.1. The van der Waals surface area contributed by atoms with Gasteiger partial charge in [-0.2, -0.15) is 10.5 Å². The van der Waals surface area contributed by atoms with Gasteiger partial charge >= 0.3 is 0 Å². The zero-order chi connectivity index (χ0) is 32.6. The average molecular weight is 585 g/mol. The summed E-state index contributed by atoms with van der Waals surface area (Å²) in [5.74, 6) is -3.20. The molecule has 1 heterocycles. The van der Waals surface area contributed by atoms with E-state index < -0.39 is 40.1 Å². The van der Waals surface area contributed by atoms with Crippen LogP contribution in [-0.2, 0) is 0 Å². The van der Waals surface area contributed by atoms with Gasteiger partial charge in [-0.3, -0.25) is 0 Å². The Bertz CT molecular complexity index is 2410. The minimum Gasteiger partial charge on any atom is -0.242 e. The molecule has 0 radical (unpaired) electrons. The SMILES string of the molecule is [C-]#[N+]C1=C(c2cc(F)c([N+]#[C-])cc2F)/C(=C(/C#N)[N+]#[C-])c2cc3c(cc21)C(C#N)=C(c1cc(C#N)ncc1F)/C3=C(\C#N)[N+]#[C-]. The van der Waals surface area contributed by atoms with Crippen molar-refractivity contribution < 1.29 is 13.2 Å². The number of fused-ring (bicyclic) bond motifs is 2. The van der Waals surface area contributed by atoms with E-state index in [1.165, 1.54) is 12.1 Å². The van der Waals surface area contributed by atoms with Gasteiger partial charge in [-0.05, 0) is 57.7 Å². The highest BCUT2D eigenvalue weighted by molar-refractivity contribution is 6.29. The molecule has 0 atom stereocenters. The Hall–Kier alpha value is -7.74. The standard InChI is InChI=1S/C33H6F3N9/c1-41-26-9-23(34)21(8-24(26)35)32-31(28(13-40)43-3)18-7-17-16(6-19(18)33(32)44-4)22(11-38)29(30(17)27(12-39)42-2)20-5-15(10-37)45-14-25(20)36/h5-9,14H/b30-27+,31-28-. The minimum absolute atomic E-state index is 0.00166. The lowest BCUT2D eigenvalue weighted by Crippen LogP contribution is -1.97. The summed E-state index contributed by atoms with van der Waals surface area (Å²) in [6, 6.07) is 12.0. The molecular formula is C33H6F3N9. The fourth-order valence-corrected chi connectivity index (χ4v) is 5.23. The van der Waals surface area contributed by atoms with Gasteiger partial charge in [0.15, 0.2) is 0 Å². The van der Waals surface area contributed by atoms with Crippen LogP contribution in [0.2, 0.25) is 0 Å². The van der Waals surface area contributed by atoms with Crippen molar-refractivity contribution >= 4 is 39.2 Å². The number of benzene rings is 2. The summed E-state index contributed by atoms with van der Waals surface area (Å²) in [6.45, 7) is 30.2. The van der Waals surface area contributed by atoms with Crippen LogP contribution in [0.4, 0.5) is 18.9 Å². The molecule has 0 bridgehead atoms. The molecule has 3 aromatic rings. The third-order valence-corrected chi connectivity index (χ3v) is 7.01. The number of nitriles is 4. The molecule has 204 valence electrons. The quantitative estimate of drug-likeness (QED) is 0.228. The van der Waals surface area contributed by atoms with Gasteiger partial charge in [-0.1, -0.05) is 6.07 Å². The number of halogens is 3. The van der Waals surface area contributed by atoms with E-state index in [4.69, 9.17) is 26.3 Å². The molecule has 2 aliphatic rings. The summed E-state index contributed by atoms with van der Waals surface area (Å²) in [5, 5.41) is 39.3. The molecule has 1 aromatic heterocycles. The van der Waals surface area contributed by atoms with Crippen molar-refractivity contribution in [3.05, 3.63) is 150 Å². The first-order chi connectivity index (χ1) is 21.7. The number of aromatic nitrogens is 1. The van der Waals surface area contributed by atoms with Crippen LogP contribution in [0, 0.1) is 89.1 Å². The van der Waals surface area contributed by atoms with Crippen LogP contribution in [0.5, 0.6) is 0 Å². The van der Waals surface area contributed by atoms with Crippen LogP contribution >= 0.6 is 0 Å². The maximum absolute atomic E-state index is 15.4. The first kappa shape index (κ1) is 28.8. The van der Waals surface area contributed by atoms with Crippen LogP contribution in [0.3, 0.4) is 0 Å². The van der Waals surface area contributed by atoms with Crippen LogP contribution < -0.4 is 0 Å². The van der Waals surface area contributed by atoms with E-state index in [-0.39, 0.29) is 67.1 Å². The lowest BCUT2D eigenvalue weighted by Gasteiger charge is -2.13. The molecule has 0 fully saturated rings. The first-order valence-electron chi connectivity index (χ1n) is 12.2. The third kappa shape index (κ3) is 4.15. The van der Waals surface area contributed by atoms with E-state index in [2.05, 4.69) is 24.4 Å². The number of pyridine rings is 1. The van der Waals surface area contributed by atoms with Crippen molar-refractivity contribution in [2.75, 3.05) is 0 Å². The van der Waals surface area contributed by atoms with Gasteiger partial charge < -0.3 is 0 Å². The van der Waals surface area contributed by atoms with Gasteiger partial charge in [0.2, 0.25) is 11.4 Å². The number of allylic oxidation sites excluding steroid dienone is 7. The zero-order valence-corrected chi connectivity index (χ0v) is 22.1. The Labute approximate surface area is 252 Å². The predicted molar refractivity (Wildman–Crippen MR) is 152 cm³/mol. The molecule has 0 aliphatic heterocycles. The molecule has 5 rings (SSSR count). The Kier molecular flexibility index (Phi) is 6.98. The molecule has 0 saturated heterocycles. The highest BCUT2D eigenvalue weighted by atomic mass is 19.1. The van der Waals surface area contributed by atoms with Crippen molar-refractivity contribution in [2.24, 2.45) is 0 Å². The summed E-state index contributed by atoms with van der Waals surface area (Å²) in [6.07, 6.45) is 0.745. The summed E-state index contributed by atoms with van der Waals surface area (Å²) < 4.78 is 45.3. The lowest BCUT2D eigenvalue weighted by molar-refractivity contribution is 0.602. The minimum atomic E-state index is -1.12. The number of hydrogen-bond acceptors (Lipinski definition) is 5. The van der Waals surface area contributed by atoms with Crippen LogP contribution in [-0.4, -0.2) is 4.98 Å². The van der Waals surface area contributed by atoms with Crippen LogP contribution in [0.1, 0.15) is 39.1 Å². The Morgan fingerprint density at radius 2 is 1.22 bits per heavy atom. The summed E-state index contributed by atoms with van der Waals surface area (Å²) in [4.78, 5) is 16.5. The van der Waals surface area contributed by atoms with Crippen molar-refractivity contribution in [3.63, 3.8) is 0 Å². The van der Waals surface area contributed by atoms with Crippen LogP contribution in [0.15, 0.2) is 47.9 Å². The molecule has 0 saturated carbocycles. The maximum Gasteiger partial charge on any atom is 0.270 e. The van der Waals surface area contributed by atoms with Crippen molar-refractivity contribution in [1.29, 1.82) is 21.0 Å². The summed E-state index contributed by atoms with van der Waals surface area (Å²) in [5.41, 5.74) is -4.36. The molecule has 2 aromatic carbocycles. The molecule has 45 heavy (non-hydrogen) atoms. The van der Waals surface area contributed by atoms with Crippen molar-refractivity contribution in [1.82, 2.24) is 4.98 Å². The van der Waals surface area contributed by atoms with E-state index >= 15 is 8.78 Å². The number of hydrogen-bond donors (Lipinski definition) is 0. The fourth-order valence-electron chi connectivity index (χ4n) is 5.23. The smallest absolute Gasteiger partial charge is 0.242 e. The van der Waals surface area contributed by atoms with Gasteiger partial charge in [0.1, 0.15) is 35.3 Å². The first-order valence-corrected chi connectivity index (χ1v) is 12.2. The van der Waals surface area contributed by atoms with E-state index in [1.807, 2.05) is 6.07 Å². The largest absolute Gasteiger partial charge is 0.270 e. The molecular weight excluding hydrogens is 579 g/mol. The molecule has 0 N–H and O–H groups in total. The maximum atomic E-state index is 15.4. The van der Waals surface area contributed by atoms with Gasteiger partial charge in [0.25, 0.3) is 11.4 Å². The van der Waals surface area contributed by atoms with E-state index in [1.54, 1.807) is 18.2 Å². The molecule has 12 heteroatoms. The monoisotopic (exact) mass is 585 g/mol. The summed E-state index contributed by atoms with van der Waals surface area (Å²) in [7, 11) is 0. The predicted octanol–water partition coefficient (Wildman–Crippen LogP) is 7.48. The topological polar surface area (TPSA) is 125 Å². The van der Waals surface area contributed by atoms with Crippen molar-refractivity contribution in [3.8, 4) is 24.3 Å². The third-order valence-electron chi connectivity index (χ3n) is 7.01. The van der Waals surface area contributed by atoms with Crippen LogP contribution in [0.25, 0.3) is 52.9 Å². The Balaban J connectivity index is 1.97. The number of rotatable bonds is 2. The second-order valence-corrected chi connectivity index (χ2v) is 9.09. The van der Waals surface area contributed by atoms with Gasteiger partial charge in [0.05, 0.1) is 50.2 Å².